The number of H-pyrrole nitrogens is 1. The molecule has 2 aliphatic rings. The molecular weight excluding hydrogens is 322 g/mol. The third-order valence-corrected chi connectivity index (χ3v) is 5.99. The standard InChI is InChI=1S/C19H25N3O.ClH/c1-11-3-2-4-15-14(10-22-18(11)15)7-8-21-19(23)16-12-5-6-13(9-12)17(16)20;/h2-4,10,12-13,16-17,22H,5-9,20H2,1H3,(H,21,23);1H. The van der Waals surface area contributed by atoms with E-state index in [1.807, 2.05) is 0 Å². The Morgan fingerprint density at radius 1 is 1.33 bits per heavy atom. The van der Waals surface area contributed by atoms with E-state index in [1.54, 1.807) is 0 Å². The number of aromatic amines is 1. The van der Waals surface area contributed by atoms with Gasteiger partial charge in [0.05, 0.1) is 5.92 Å². The van der Waals surface area contributed by atoms with Gasteiger partial charge in [0.15, 0.2) is 0 Å². The fraction of sp³-hybridized carbons (Fsp3) is 0.526. The van der Waals surface area contributed by atoms with Crippen molar-refractivity contribution in [2.45, 2.75) is 38.6 Å². The molecule has 4 N–H and O–H groups in total. The number of amides is 1. The fourth-order valence-electron chi connectivity index (χ4n) is 4.73. The Bertz CT molecular complexity index is 739. The summed E-state index contributed by atoms with van der Waals surface area (Å²) >= 11 is 0. The topological polar surface area (TPSA) is 70.9 Å². The van der Waals surface area contributed by atoms with Crippen LogP contribution in [-0.4, -0.2) is 23.5 Å². The zero-order valence-corrected chi connectivity index (χ0v) is 14.9. The van der Waals surface area contributed by atoms with Crippen molar-refractivity contribution in [3.8, 4) is 0 Å². The van der Waals surface area contributed by atoms with Crippen molar-refractivity contribution < 1.29 is 4.79 Å². The molecule has 2 saturated carbocycles. The van der Waals surface area contributed by atoms with Gasteiger partial charge in [-0.05, 0) is 55.6 Å². The van der Waals surface area contributed by atoms with Gasteiger partial charge in [-0.2, -0.15) is 0 Å². The molecule has 4 nitrogen and oxygen atoms in total. The number of benzene rings is 1. The number of aryl methyl sites for hydroxylation is 1. The maximum Gasteiger partial charge on any atom is 0.224 e. The predicted octanol–water partition coefficient (Wildman–Crippen LogP) is 2.93. The highest BCUT2D eigenvalue weighted by molar-refractivity contribution is 5.86. The van der Waals surface area contributed by atoms with E-state index >= 15 is 0 Å². The molecule has 0 radical (unpaired) electrons. The number of nitrogens with one attached hydrogen (secondary N) is 2. The molecule has 2 bridgehead atoms. The van der Waals surface area contributed by atoms with E-state index in [-0.39, 0.29) is 30.3 Å². The summed E-state index contributed by atoms with van der Waals surface area (Å²) in [6.07, 6.45) is 6.46. The van der Waals surface area contributed by atoms with Crippen LogP contribution < -0.4 is 11.1 Å². The lowest BCUT2D eigenvalue weighted by atomic mass is 9.84. The number of carbonyl (C=O) groups is 1. The van der Waals surface area contributed by atoms with E-state index in [0.29, 0.717) is 18.4 Å². The van der Waals surface area contributed by atoms with Crippen LogP contribution in [0.3, 0.4) is 0 Å². The first-order valence-corrected chi connectivity index (χ1v) is 8.74. The molecule has 1 aromatic carbocycles. The van der Waals surface area contributed by atoms with Crippen LogP contribution in [0, 0.1) is 24.7 Å². The Kier molecular flexibility index (Phi) is 4.88. The molecule has 24 heavy (non-hydrogen) atoms. The number of para-hydroxylation sites is 1. The molecule has 4 rings (SSSR count). The van der Waals surface area contributed by atoms with E-state index in [2.05, 4.69) is 41.6 Å². The van der Waals surface area contributed by atoms with Crippen LogP contribution in [0.15, 0.2) is 24.4 Å². The smallest absolute Gasteiger partial charge is 0.224 e. The van der Waals surface area contributed by atoms with Crippen molar-refractivity contribution >= 4 is 29.2 Å². The lowest BCUT2D eigenvalue weighted by Gasteiger charge is -2.27. The number of rotatable bonds is 4. The predicted molar refractivity (Wildman–Crippen MR) is 99.3 cm³/mol. The molecule has 1 aromatic heterocycles. The van der Waals surface area contributed by atoms with E-state index in [4.69, 9.17) is 5.73 Å². The van der Waals surface area contributed by atoms with Crippen LogP contribution in [0.1, 0.15) is 30.4 Å². The molecule has 0 aliphatic heterocycles. The monoisotopic (exact) mass is 347 g/mol. The molecule has 5 heteroatoms. The third-order valence-electron chi connectivity index (χ3n) is 5.99. The van der Waals surface area contributed by atoms with E-state index in [1.165, 1.54) is 34.9 Å². The second-order valence-electron chi connectivity index (χ2n) is 7.29. The average Bonchev–Trinajstić information content (AvgIpc) is 3.22. The molecule has 2 fully saturated rings. The Morgan fingerprint density at radius 3 is 2.88 bits per heavy atom. The van der Waals surface area contributed by atoms with Gasteiger partial charge in [-0.1, -0.05) is 18.2 Å². The maximum absolute atomic E-state index is 12.5. The van der Waals surface area contributed by atoms with Gasteiger partial charge in [-0.3, -0.25) is 4.79 Å². The Morgan fingerprint density at radius 2 is 2.12 bits per heavy atom. The van der Waals surface area contributed by atoms with Gasteiger partial charge in [0.2, 0.25) is 5.91 Å². The lowest BCUT2D eigenvalue weighted by molar-refractivity contribution is -0.127. The normalized spacial score (nSPS) is 28.1. The second kappa shape index (κ2) is 6.77. The SMILES string of the molecule is Cc1cccc2c(CCNC(=O)C3C4CCC(C4)C3N)c[nH]c12.Cl. The van der Waals surface area contributed by atoms with Crippen molar-refractivity contribution in [3.05, 3.63) is 35.5 Å². The first kappa shape index (κ1) is 17.3. The van der Waals surface area contributed by atoms with Crippen LogP contribution in [0.25, 0.3) is 10.9 Å². The van der Waals surface area contributed by atoms with E-state index < -0.39 is 0 Å². The van der Waals surface area contributed by atoms with Crippen LogP contribution in [-0.2, 0) is 11.2 Å². The van der Waals surface area contributed by atoms with Crippen LogP contribution in [0.2, 0.25) is 0 Å². The van der Waals surface area contributed by atoms with Gasteiger partial charge in [0.1, 0.15) is 0 Å². The van der Waals surface area contributed by atoms with Gasteiger partial charge in [-0.15, -0.1) is 12.4 Å². The summed E-state index contributed by atoms with van der Waals surface area (Å²) in [6, 6.07) is 6.41. The van der Waals surface area contributed by atoms with Crippen molar-refractivity contribution in [2.75, 3.05) is 6.54 Å². The fourth-order valence-corrected chi connectivity index (χ4v) is 4.73. The van der Waals surface area contributed by atoms with Crippen molar-refractivity contribution in [1.82, 2.24) is 10.3 Å². The molecule has 4 unspecified atom stereocenters. The van der Waals surface area contributed by atoms with E-state index in [9.17, 15) is 4.79 Å². The highest BCUT2D eigenvalue weighted by Crippen LogP contribution is 2.47. The second-order valence-corrected chi connectivity index (χ2v) is 7.29. The Hall–Kier alpha value is -1.52. The summed E-state index contributed by atoms with van der Waals surface area (Å²) in [4.78, 5) is 15.8. The lowest BCUT2D eigenvalue weighted by Crippen LogP contribution is -2.45. The van der Waals surface area contributed by atoms with Crippen LogP contribution in [0.4, 0.5) is 0 Å². The molecule has 2 aliphatic carbocycles. The summed E-state index contributed by atoms with van der Waals surface area (Å²) in [5.74, 6) is 1.30. The zero-order valence-electron chi connectivity index (χ0n) is 14.0. The number of hydrogen-bond acceptors (Lipinski definition) is 2. The van der Waals surface area contributed by atoms with Crippen LogP contribution >= 0.6 is 12.4 Å². The highest BCUT2D eigenvalue weighted by atomic mass is 35.5. The Balaban J connectivity index is 0.00000169. The highest BCUT2D eigenvalue weighted by Gasteiger charge is 2.48. The number of carbonyl (C=O) groups excluding carboxylic acids is 1. The number of aromatic nitrogens is 1. The third kappa shape index (κ3) is 2.82. The number of halogens is 1. The maximum atomic E-state index is 12.5. The summed E-state index contributed by atoms with van der Waals surface area (Å²) < 4.78 is 0. The molecule has 0 spiro atoms. The van der Waals surface area contributed by atoms with Gasteiger partial charge < -0.3 is 16.0 Å². The number of nitrogens with two attached hydrogens (primary N) is 1. The van der Waals surface area contributed by atoms with Gasteiger partial charge in [-0.25, -0.2) is 0 Å². The Labute approximate surface area is 149 Å². The molecule has 0 saturated heterocycles. The summed E-state index contributed by atoms with van der Waals surface area (Å²) in [7, 11) is 0. The molecule has 1 amide bonds. The minimum Gasteiger partial charge on any atom is -0.361 e. The van der Waals surface area contributed by atoms with Gasteiger partial charge in [0.25, 0.3) is 0 Å². The number of fused-ring (bicyclic) bond motifs is 3. The molecule has 130 valence electrons. The first-order valence-electron chi connectivity index (χ1n) is 8.74. The van der Waals surface area contributed by atoms with E-state index in [0.717, 1.165) is 12.8 Å². The molecular formula is C19H26ClN3O. The molecule has 2 aromatic rings. The van der Waals surface area contributed by atoms with Gasteiger partial charge >= 0.3 is 0 Å². The van der Waals surface area contributed by atoms with Crippen molar-refractivity contribution in [3.63, 3.8) is 0 Å². The summed E-state index contributed by atoms with van der Waals surface area (Å²) in [6.45, 7) is 2.79. The van der Waals surface area contributed by atoms with Crippen LogP contribution in [0.5, 0.6) is 0 Å². The summed E-state index contributed by atoms with van der Waals surface area (Å²) in [5.41, 5.74) is 9.98. The zero-order chi connectivity index (χ0) is 16.0. The average molecular weight is 348 g/mol. The number of hydrogen-bond donors (Lipinski definition) is 3. The first-order chi connectivity index (χ1) is 11.1. The summed E-state index contributed by atoms with van der Waals surface area (Å²) in [5, 5.41) is 4.38. The minimum atomic E-state index is 0. The molecule has 4 atom stereocenters. The minimum absolute atomic E-state index is 0. The quantitative estimate of drug-likeness (QED) is 0.795. The molecule has 1 heterocycles. The van der Waals surface area contributed by atoms with Crippen molar-refractivity contribution in [2.24, 2.45) is 23.5 Å². The van der Waals surface area contributed by atoms with Crippen molar-refractivity contribution in [1.29, 1.82) is 0 Å². The largest absolute Gasteiger partial charge is 0.361 e. The van der Waals surface area contributed by atoms with Gasteiger partial charge in [0, 0.05) is 29.7 Å².